The van der Waals surface area contributed by atoms with Gasteiger partial charge in [0.05, 0.1) is 12.0 Å². The minimum atomic E-state index is -1.19. The first-order chi connectivity index (χ1) is 15.7. The van der Waals surface area contributed by atoms with Crippen LogP contribution < -0.4 is 10.6 Å². The lowest BCUT2D eigenvalue weighted by Crippen LogP contribution is -2.54. The zero-order valence-corrected chi connectivity index (χ0v) is 18.6. The van der Waals surface area contributed by atoms with Crippen molar-refractivity contribution in [1.82, 2.24) is 10.6 Å². The van der Waals surface area contributed by atoms with Crippen LogP contribution in [0, 0.1) is 16.0 Å². The maximum Gasteiger partial charge on any atom is 0.408 e. The van der Waals surface area contributed by atoms with Gasteiger partial charge >= 0.3 is 12.1 Å². The van der Waals surface area contributed by atoms with Gasteiger partial charge in [-0.15, -0.1) is 0 Å². The van der Waals surface area contributed by atoms with E-state index < -0.39 is 35.0 Å². The first kappa shape index (κ1) is 25.3. The van der Waals surface area contributed by atoms with E-state index >= 15 is 0 Å². The van der Waals surface area contributed by atoms with Gasteiger partial charge in [0.25, 0.3) is 5.69 Å². The highest BCUT2D eigenvalue weighted by atomic mass is 16.6. The van der Waals surface area contributed by atoms with Gasteiger partial charge in [-0.25, -0.2) is 9.59 Å². The van der Waals surface area contributed by atoms with Crippen molar-refractivity contribution >= 4 is 23.7 Å². The number of para-hydroxylation sites is 1. The molecule has 0 heterocycles. The van der Waals surface area contributed by atoms with Gasteiger partial charge in [0.1, 0.15) is 18.7 Å². The van der Waals surface area contributed by atoms with Gasteiger partial charge < -0.3 is 20.1 Å². The molecule has 0 aromatic heterocycles. The Kier molecular flexibility index (Phi) is 9.34. The van der Waals surface area contributed by atoms with E-state index in [1.807, 2.05) is 18.2 Å². The number of nitrogens with one attached hydrogen (secondary N) is 2. The number of methoxy groups -OCH3 is 1. The third-order valence-electron chi connectivity index (χ3n) is 4.85. The van der Waals surface area contributed by atoms with Gasteiger partial charge in [-0.1, -0.05) is 62.4 Å². The first-order valence-corrected chi connectivity index (χ1v) is 10.3. The van der Waals surface area contributed by atoms with Crippen LogP contribution in [0.1, 0.15) is 25.0 Å². The van der Waals surface area contributed by atoms with Crippen LogP contribution in [-0.4, -0.2) is 42.1 Å². The van der Waals surface area contributed by atoms with Crippen molar-refractivity contribution in [3.63, 3.8) is 0 Å². The molecule has 2 rings (SSSR count). The number of hydrogen-bond donors (Lipinski definition) is 2. The molecule has 10 heteroatoms. The predicted molar refractivity (Wildman–Crippen MR) is 119 cm³/mol. The van der Waals surface area contributed by atoms with Gasteiger partial charge in [-0.05, 0) is 11.5 Å². The Morgan fingerprint density at radius 2 is 1.64 bits per heavy atom. The molecule has 0 unspecified atom stereocenters. The van der Waals surface area contributed by atoms with E-state index in [0.29, 0.717) is 0 Å². The van der Waals surface area contributed by atoms with E-state index in [1.54, 1.807) is 32.0 Å². The molecule has 0 radical (unpaired) electrons. The molecule has 0 fully saturated rings. The predicted octanol–water partition coefficient (Wildman–Crippen LogP) is 2.75. The first-order valence-electron chi connectivity index (χ1n) is 10.3. The summed E-state index contributed by atoms with van der Waals surface area (Å²) in [5, 5.41) is 16.3. The van der Waals surface area contributed by atoms with E-state index in [9.17, 15) is 24.5 Å². The van der Waals surface area contributed by atoms with Gasteiger partial charge in [-0.3, -0.25) is 14.9 Å². The van der Waals surface area contributed by atoms with Crippen LogP contribution in [0.3, 0.4) is 0 Å². The minimum absolute atomic E-state index is 0.0293. The van der Waals surface area contributed by atoms with E-state index in [4.69, 9.17) is 9.47 Å². The van der Waals surface area contributed by atoms with Gasteiger partial charge in [-0.2, -0.15) is 0 Å². The molecule has 0 saturated carbocycles. The molecular weight excluding hydrogens is 430 g/mol. The monoisotopic (exact) mass is 457 g/mol. The van der Waals surface area contributed by atoms with Crippen molar-refractivity contribution in [2.24, 2.45) is 5.92 Å². The second-order valence-electron chi connectivity index (χ2n) is 7.60. The molecule has 10 nitrogen and oxygen atoms in total. The average Bonchev–Trinajstić information content (AvgIpc) is 2.80. The highest BCUT2D eigenvalue weighted by molar-refractivity contribution is 5.90. The fourth-order valence-corrected chi connectivity index (χ4v) is 3.11. The minimum Gasteiger partial charge on any atom is -0.467 e. The molecule has 2 amide bonds. The van der Waals surface area contributed by atoms with Crippen molar-refractivity contribution in [2.75, 3.05) is 7.11 Å². The van der Waals surface area contributed by atoms with Gasteiger partial charge in [0, 0.05) is 18.1 Å². The summed E-state index contributed by atoms with van der Waals surface area (Å²) in [5.74, 6) is -1.75. The summed E-state index contributed by atoms with van der Waals surface area (Å²) in [6.45, 7) is 3.47. The lowest BCUT2D eigenvalue weighted by Gasteiger charge is -2.24. The van der Waals surface area contributed by atoms with E-state index in [1.165, 1.54) is 18.2 Å². The summed E-state index contributed by atoms with van der Waals surface area (Å²) in [4.78, 5) is 48.2. The lowest BCUT2D eigenvalue weighted by molar-refractivity contribution is -0.385. The van der Waals surface area contributed by atoms with Crippen LogP contribution in [0.2, 0.25) is 0 Å². The van der Waals surface area contributed by atoms with Crippen LogP contribution >= 0.6 is 0 Å². The Hall–Kier alpha value is -3.95. The number of nitro benzene ring substituents is 1. The average molecular weight is 457 g/mol. The molecule has 0 saturated heterocycles. The zero-order valence-electron chi connectivity index (χ0n) is 18.6. The number of hydrogen-bond acceptors (Lipinski definition) is 7. The third-order valence-corrected chi connectivity index (χ3v) is 4.85. The Bertz CT molecular complexity index is 979. The molecule has 2 atom stereocenters. The SMILES string of the molecule is COC(=O)[C@@H](Cc1ccccc1[N+](=O)[O-])NC(=O)[C@H](NC(=O)OCc1ccccc1)C(C)C. The van der Waals surface area contributed by atoms with E-state index in [-0.39, 0.29) is 30.2 Å². The number of rotatable bonds is 10. The molecule has 2 N–H and O–H groups in total. The number of carbonyl (C=O) groups is 3. The molecular formula is C23H27N3O7. The summed E-state index contributed by atoms with van der Waals surface area (Å²) in [5.41, 5.74) is 0.867. The number of carbonyl (C=O) groups excluding carboxylic acids is 3. The number of amides is 2. The number of esters is 1. The van der Waals surface area contributed by atoms with Crippen LogP contribution in [-0.2, 0) is 32.1 Å². The zero-order chi connectivity index (χ0) is 24.4. The highest BCUT2D eigenvalue weighted by Gasteiger charge is 2.31. The maximum absolute atomic E-state index is 12.9. The topological polar surface area (TPSA) is 137 Å². The number of nitro groups is 1. The van der Waals surface area contributed by atoms with E-state index in [2.05, 4.69) is 10.6 Å². The molecule has 2 aromatic rings. The fourth-order valence-electron chi connectivity index (χ4n) is 3.11. The number of nitrogens with zero attached hydrogens (tertiary/aromatic N) is 1. The quantitative estimate of drug-likeness (QED) is 0.318. The Morgan fingerprint density at radius 3 is 2.24 bits per heavy atom. The highest BCUT2D eigenvalue weighted by Crippen LogP contribution is 2.20. The van der Waals surface area contributed by atoms with Crippen molar-refractivity contribution in [3.8, 4) is 0 Å². The van der Waals surface area contributed by atoms with Crippen LogP contribution in [0.25, 0.3) is 0 Å². The molecule has 2 aromatic carbocycles. The van der Waals surface area contributed by atoms with Crippen molar-refractivity contribution < 1.29 is 28.8 Å². The molecule has 0 spiro atoms. The maximum atomic E-state index is 12.9. The lowest BCUT2D eigenvalue weighted by atomic mass is 10.0. The smallest absolute Gasteiger partial charge is 0.408 e. The van der Waals surface area contributed by atoms with Crippen LogP contribution in [0.4, 0.5) is 10.5 Å². The summed E-state index contributed by atoms with van der Waals surface area (Å²) in [6.07, 6.45) is -0.945. The summed E-state index contributed by atoms with van der Waals surface area (Å²) in [6, 6.07) is 12.8. The van der Waals surface area contributed by atoms with Crippen molar-refractivity contribution in [3.05, 3.63) is 75.8 Å². The third kappa shape index (κ3) is 7.60. The largest absolute Gasteiger partial charge is 0.467 e. The second-order valence-corrected chi connectivity index (χ2v) is 7.60. The fraction of sp³-hybridized carbons (Fsp3) is 0.348. The number of benzene rings is 2. The Balaban J connectivity index is 2.09. The molecule has 0 aliphatic heterocycles. The van der Waals surface area contributed by atoms with E-state index in [0.717, 1.165) is 12.7 Å². The van der Waals surface area contributed by atoms with Gasteiger partial charge in [0.15, 0.2) is 0 Å². The van der Waals surface area contributed by atoms with Crippen LogP contribution in [0.5, 0.6) is 0 Å². The molecule has 0 aliphatic rings. The number of ether oxygens (including phenoxy) is 2. The molecule has 33 heavy (non-hydrogen) atoms. The van der Waals surface area contributed by atoms with Crippen molar-refractivity contribution in [2.45, 2.75) is 39.0 Å². The Labute approximate surface area is 191 Å². The summed E-state index contributed by atoms with van der Waals surface area (Å²) in [7, 11) is 1.15. The van der Waals surface area contributed by atoms with Crippen LogP contribution in [0.15, 0.2) is 54.6 Å². The summed E-state index contributed by atoms with van der Waals surface area (Å²) < 4.78 is 9.93. The molecule has 0 bridgehead atoms. The summed E-state index contributed by atoms with van der Waals surface area (Å²) >= 11 is 0. The normalized spacial score (nSPS) is 12.4. The Morgan fingerprint density at radius 1 is 1.00 bits per heavy atom. The number of alkyl carbamates (subject to hydrolysis) is 1. The molecule has 176 valence electrons. The standard InChI is InChI=1S/C23H27N3O7/c1-15(2)20(25-23(29)33-14-16-9-5-4-6-10-16)21(27)24-18(22(28)32-3)13-17-11-7-8-12-19(17)26(30)31/h4-12,15,18,20H,13-14H2,1-3H3,(H,24,27)(H,25,29)/t18-,20-/m1/s1. The van der Waals surface area contributed by atoms with Gasteiger partial charge in [0.2, 0.25) is 5.91 Å². The molecule has 0 aliphatic carbocycles. The van der Waals surface area contributed by atoms with Crippen molar-refractivity contribution in [1.29, 1.82) is 0 Å². The second kappa shape index (κ2) is 12.2.